The fraction of sp³-hybridized carbons (Fsp3) is 0.417. The van der Waals surface area contributed by atoms with Crippen LogP contribution in [-0.4, -0.2) is 23.6 Å². The number of carbonyl (C=O) groups excluding carboxylic acids is 1. The van der Waals surface area contributed by atoms with E-state index in [1.165, 1.54) is 12.1 Å². The Morgan fingerprint density at radius 1 is 1.43 bits per heavy atom. The maximum absolute atomic E-state index is 12.5. The minimum atomic E-state index is -3.45. The minimum absolute atomic E-state index is 0.0102. The SMILES string of the molecule is CCCSP(=O)(OCC)Oc1ccc([N+](=O)[O-])cc1C=O. The first-order valence-corrected chi connectivity index (χ1v) is 9.41. The van der Waals surface area contributed by atoms with E-state index < -0.39 is 11.7 Å². The first kappa shape index (κ1) is 17.7. The van der Waals surface area contributed by atoms with Crippen LogP contribution in [0, 0.1) is 10.1 Å². The lowest BCUT2D eigenvalue weighted by molar-refractivity contribution is -0.384. The van der Waals surface area contributed by atoms with Crippen LogP contribution in [0.15, 0.2) is 18.2 Å². The molecule has 1 rings (SSSR count). The molecular weight excluding hydrogens is 317 g/mol. The van der Waals surface area contributed by atoms with Crippen molar-refractivity contribution in [3.63, 3.8) is 0 Å². The normalized spacial score (nSPS) is 13.4. The van der Waals surface area contributed by atoms with E-state index in [9.17, 15) is 19.5 Å². The highest BCUT2D eigenvalue weighted by molar-refractivity contribution is 8.55. The highest BCUT2D eigenvalue weighted by Gasteiger charge is 2.28. The molecule has 0 saturated carbocycles. The van der Waals surface area contributed by atoms with E-state index in [2.05, 4.69) is 0 Å². The summed E-state index contributed by atoms with van der Waals surface area (Å²) in [6.45, 7) is 0.345. The molecule has 1 atom stereocenters. The molecule has 0 spiro atoms. The average Bonchev–Trinajstić information content (AvgIpc) is 2.45. The monoisotopic (exact) mass is 333 g/mol. The summed E-state index contributed by atoms with van der Waals surface area (Å²) in [5.41, 5.74) is -0.280. The molecule has 0 fully saturated rings. The van der Waals surface area contributed by atoms with E-state index in [-0.39, 0.29) is 23.6 Å². The van der Waals surface area contributed by atoms with Crippen LogP contribution >= 0.6 is 18.2 Å². The molecule has 0 heterocycles. The van der Waals surface area contributed by atoms with Crippen molar-refractivity contribution >= 4 is 30.2 Å². The Kier molecular flexibility index (Phi) is 6.87. The molecule has 0 aliphatic carbocycles. The van der Waals surface area contributed by atoms with Crippen LogP contribution in [0.2, 0.25) is 0 Å². The number of nitro benzene ring substituents is 1. The van der Waals surface area contributed by atoms with Crippen molar-refractivity contribution in [2.24, 2.45) is 0 Å². The smallest absolute Gasteiger partial charge is 0.416 e. The van der Waals surface area contributed by atoms with Crippen LogP contribution in [-0.2, 0) is 9.09 Å². The van der Waals surface area contributed by atoms with E-state index in [1.807, 2.05) is 6.92 Å². The van der Waals surface area contributed by atoms with Crippen molar-refractivity contribution in [3.8, 4) is 5.75 Å². The van der Waals surface area contributed by atoms with Gasteiger partial charge >= 0.3 is 6.80 Å². The highest BCUT2D eigenvalue weighted by atomic mass is 32.7. The van der Waals surface area contributed by atoms with Gasteiger partial charge in [0.1, 0.15) is 5.75 Å². The van der Waals surface area contributed by atoms with Gasteiger partial charge in [0.15, 0.2) is 6.29 Å². The van der Waals surface area contributed by atoms with E-state index in [0.717, 1.165) is 23.9 Å². The van der Waals surface area contributed by atoms with Gasteiger partial charge in [-0.1, -0.05) is 6.92 Å². The number of nitrogens with zero attached hydrogens (tertiary/aromatic N) is 1. The number of nitro groups is 1. The highest BCUT2D eigenvalue weighted by Crippen LogP contribution is 2.60. The summed E-state index contributed by atoms with van der Waals surface area (Å²) in [6.07, 6.45) is 1.20. The average molecular weight is 333 g/mol. The van der Waals surface area contributed by atoms with Crippen LogP contribution in [0.3, 0.4) is 0 Å². The Bertz CT molecular complexity index is 565. The van der Waals surface area contributed by atoms with Crippen molar-refractivity contribution in [3.05, 3.63) is 33.9 Å². The van der Waals surface area contributed by atoms with Crippen molar-refractivity contribution in [1.29, 1.82) is 0 Å². The van der Waals surface area contributed by atoms with Crippen LogP contribution in [0.4, 0.5) is 5.69 Å². The maximum atomic E-state index is 12.5. The maximum Gasteiger partial charge on any atom is 0.440 e. The van der Waals surface area contributed by atoms with Gasteiger partial charge in [-0.05, 0) is 30.8 Å². The summed E-state index contributed by atoms with van der Waals surface area (Å²) in [4.78, 5) is 21.1. The second-order valence-electron chi connectivity index (χ2n) is 3.89. The Balaban J connectivity index is 3.05. The zero-order valence-electron chi connectivity index (χ0n) is 11.7. The number of non-ortho nitro benzene ring substituents is 1. The third kappa shape index (κ3) is 5.15. The Hall–Kier alpha value is -1.37. The summed E-state index contributed by atoms with van der Waals surface area (Å²) >= 11 is 1.03. The van der Waals surface area contributed by atoms with Gasteiger partial charge in [-0.25, -0.2) is 4.57 Å². The van der Waals surface area contributed by atoms with Crippen LogP contribution in [0.1, 0.15) is 30.6 Å². The van der Waals surface area contributed by atoms with Gasteiger partial charge in [0, 0.05) is 17.9 Å². The zero-order valence-corrected chi connectivity index (χ0v) is 13.4. The number of carbonyl (C=O) groups is 1. The fourth-order valence-corrected chi connectivity index (χ4v) is 4.86. The molecule has 9 heteroatoms. The van der Waals surface area contributed by atoms with Gasteiger partial charge in [0.25, 0.3) is 5.69 Å². The molecule has 1 unspecified atom stereocenters. The third-order valence-corrected chi connectivity index (χ3v) is 6.22. The molecular formula is C12H16NO6PS. The van der Waals surface area contributed by atoms with Gasteiger partial charge in [-0.15, -0.1) is 0 Å². The molecule has 0 saturated heterocycles. The molecule has 7 nitrogen and oxygen atoms in total. The second kappa shape index (κ2) is 8.17. The summed E-state index contributed by atoms with van der Waals surface area (Å²) in [7, 11) is 0. The largest absolute Gasteiger partial charge is 0.440 e. The van der Waals surface area contributed by atoms with Gasteiger partial charge < -0.3 is 4.52 Å². The van der Waals surface area contributed by atoms with E-state index in [1.54, 1.807) is 6.92 Å². The Morgan fingerprint density at radius 2 is 2.14 bits per heavy atom. The summed E-state index contributed by atoms with van der Waals surface area (Å²) < 4.78 is 23.0. The lowest BCUT2D eigenvalue weighted by Crippen LogP contribution is -1.99. The number of hydrogen-bond donors (Lipinski definition) is 0. The number of hydrogen-bond acceptors (Lipinski definition) is 7. The van der Waals surface area contributed by atoms with Gasteiger partial charge in [-0.3, -0.25) is 19.4 Å². The third-order valence-electron chi connectivity index (χ3n) is 2.28. The first-order valence-electron chi connectivity index (χ1n) is 6.28. The molecule has 1 aromatic rings. The Labute approximate surface area is 126 Å². The lowest BCUT2D eigenvalue weighted by atomic mass is 10.2. The van der Waals surface area contributed by atoms with Crippen LogP contribution < -0.4 is 4.52 Å². The van der Waals surface area contributed by atoms with Gasteiger partial charge in [-0.2, -0.15) is 0 Å². The predicted octanol–water partition coefficient (Wildman–Crippen LogP) is 4.07. The topological polar surface area (TPSA) is 95.7 Å². The van der Waals surface area contributed by atoms with Crippen LogP contribution in [0.25, 0.3) is 0 Å². The molecule has 0 amide bonds. The first-order chi connectivity index (χ1) is 9.95. The molecule has 0 radical (unpaired) electrons. The van der Waals surface area contributed by atoms with E-state index >= 15 is 0 Å². The summed E-state index contributed by atoms with van der Waals surface area (Å²) in [6, 6.07) is 3.51. The fourth-order valence-electron chi connectivity index (χ4n) is 1.40. The molecule has 1 aromatic carbocycles. The van der Waals surface area contributed by atoms with Crippen molar-refractivity contribution in [1.82, 2.24) is 0 Å². The molecule has 21 heavy (non-hydrogen) atoms. The lowest BCUT2D eigenvalue weighted by Gasteiger charge is -2.18. The molecule has 0 aliphatic rings. The van der Waals surface area contributed by atoms with Crippen molar-refractivity contribution < 1.29 is 23.3 Å². The van der Waals surface area contributed by atoms with Gasteiger partial charge in [0.2, 0.25) is 0 Å². The molecule has 0 aliphatic heterocycles. The Morgan fingerprint density at radius 3 is 2.67 bits per heavy atom. The van der Waals surface area contributed by atoms with Crippen molar-refractivity contribution in [2.75, 3.05) is 12.4 Å². The molecule has 0 N–H and O–H groups in total. The van der Waals surface area contributed by atoms with Gasteiger partial charge in [0.05, 0.1) is 17.1 Å². The zero-order chi connectivity index (χ0) is 15.9. The number of rotatable bonds is 9. The van der Waals surface area contributed by atoms with E-state index in [4.69, 9.17) is 9.05 Å². The molecule has 116 valence electrons. The van der Waals surface area contributed by atoms with Crippen LogP contribution in [0.5, 0.6) is 5.75 Å². The van der Waals surface area contributed by atoms with E-state index in [0.29, 0.717) is 12.0 Å². The number of benzene rings is 1. The molecule has 0 aromatic heterocycles. The minimum Gasteiger partial charge on any atom is -0.416 e. The summed E-state index contributed by atoms with van der Waals surface area (Å²) in [5.74, 6) is 0.580. The summed E-state index contributed by atoms with van der Waals surface area (Å²) in [5, 5.41) is 10.7. The molecule has 0 bridgehead atoms. The quantitative estimate of drug-likeness (QED) is 0.291. The number of aldehydes is 1. The standard InChI is InChI=1S/C12H16NO6PS/c1-3-7-21-20(17,18-4-2)19-12-6-5-11(13(15)16)8-10(12)9-14/h5-6,8-9H,3-4,7H2,1-2H3. The van der Waals surface area contributed by atoms with Crippen molar-refractivity contribution in [2.45, 2.75) is 20.3 Å². The predicted molar refractivity (Wildman–Crippen MR) is 81.1 cm³/mol. The second-order valence-corrected chi connectivity index (χ2v) is 8.00.